The Kier molecular flexibility index (Phi) is 8.78. The van der Waals surface area contributed by atoms with E-state index < -0.39 is 50.3 Å². The number of aromatic amines is 1. The quantitative estimate of drug-likeness (QED) is 0.100. The molecule has 2 aliphatic heterocycles. The van der Waals surface area contributed by atoms with E-state index in [1.807, 2.05) is 0 Å². The molecule has 2 saturated heterocycles. The summed E-state index contributed by atoms with van der Waals surface area (Å²) in [5, 5.41) is 7.93. The maximum atomic E-state index is 16.0. The highest BCUT2D eigenvalue weighted by molar-refractivity contribution is 8.44. The molecule has 3 unspecified atom stereocenters. The SMILES string of the molecule is Nc1nc2c(nnn2[C@H]2CC[C@@H](COP(O)(=S)OC3[C@@H](COP(=O)(O)S)O[C@@H](n4ccc5c(N)ncnc54)[C@H]3F)S2)c(=O)[nH]1. The molecule has 7 N–H and O–H groups in total. The number of fused-ring (bicyclic) bond motifs is 2. The van der Waals surface area contributed by atoms with E-state index in [1.54, 1.807) is 6.07 Å². The second kappa shape index (κ2) is 12.2. The molecule has 44 heavy (non-hydrogen) atoms. The molecule has 4 aromatic rings. The van der Waals surface area contributed by atoms with E-state index >= 15 is 4.39 Å². The normalized spacial score (nSPS) is 28.5. The molecule has 0 saturated carbocycles. The fraction of sp³-hybridized carbons (Fsp3) is 0.500. The fourth-order valence-electron chi connectivity index (χ4n) is 4.95. The summed E-state index contributed by atoms with van der Waals surface area (Å²) < 4.78 is 52.4. The van der Waals surface area contributed by atoms with E-state index in [0.717, 1.165) is 0 Å². The molecule has 18 nitrogen and oxygen atoms in total. The van der Waals surface area contributed by atoms with Gasteiger partial charge in [-0.2, -0.15) is 4.98 Å². The lowest BCUT2D eigenvalue weighted by atomic mass is 10.1. The first-order chi connectivity index (χ1) is 20.8. The second-order valence-corrected chi connectivity index (χ2v) is 16.8. The zero-order valence-corrected chi connectivity index (χ0v) is 26.5. The van der Waals surface area contributed by atoms with E-state index in [9.17, 15) is 19.1 Å². The van der Waals surface area contributed by atoms with E-state index in [2.05, 4.69) is 42.5 Å². The van der Waals surface area contributed by atoms with Crippen molar-refractivity contribution in [3.8, 4) is 0 Å². The first-order valence-electron chi connectivity index (χ1n) is 12.8. The smallest absolute Gasteiger partial charge is 0.383 e. The Bertz CT molecular complexity index is 1860. The van der Waals surface area contributed by atoms with Crippen LogP contribution < -0.4 is 17.0 Å². The van der Waals surface area contributed by atoms with Crippen LogP contribution in [0, 0.1) is 0 Å². The molecule has 24 heteroatoms. The van der Waals surface area contributed by atoms with Gasteiger partial charge in [-0.15, -0.1) is 16.9 Å². The van der Waals surface area contributed by atoms with E-state index in [1.165, 1.54) is 33.5 Å². The Morgan fingerprint density at radius 3 is 2.82 bits per heavy atom. The number of nitrogens with one attached hydrogen (secondary N) is 1. The minimum Gasteiger partial charge on any atom is -0.383 e. The van der Waals surface area contributed by atoms with Crippen molar-refractivity contribution in [2.45, 2.75) is 48.1 Å². The van der Waals surface area contributed by atoms with Crippen LogP contribution in [0.2, 0.25) is 0 Å². The number of nitrogens with zero attached hydrogens (tertiary/aromatic N) is 7. The summed E-state index contributed by atoms with van der Waals surface area (Å²) in [5.41, 5.74) is 11.6. The Morgan fingerprint density at radius 1 is 1.25 bits per heavy atom. The van der Waals surface area contributed by atoms with E-state index in [4.69, 9.17) is 41.6 Å². The van der Waals surface area contributed by atoms with Gasteiger partial charge < -0.3 is 35.1 Å². The number of ether oxygens (including phenoxy) is 1. The molecule has 8 atom stereocenters. The van der Waals surface area contributed by atoms with Gasteiger partial charge in [-0.1, -0.05) is 17.5 Å². The van der Waals surface area contributed by atoms with Crippen LogP contribution in [0.15, 0.2) is 23.4 Å². The molecular formula is C20H25FN10O8P2S3. The van der Waals surface area contributed by atoms with Crippen molar-refractivity contribution < 1.29 is 37.1 Å². The number of rotatable bonds is 10. The number of H-pyrrole nitrogens is 1. The highest BCUT2D eigenvalue weighted by Gasteiger charge is 2.50. The van der Waals surface area contributed by atoms with Crippen molar-refractivity contribution in [3.05, 3.63) is 28.9 Å². The van der Waals surface area contributed by atoms with Gasteiger partial charge in [0.2, 0.25) is 5.95 Å². The van der Waals surface area contributed by atoms with Gasteiger partial charge >= 0.3 is 13.5 Å². The number of thioether (sulfide) groups is 1. The molecule has 4 aromatic heterocycles. The number of aromatic nitrogens is 8. The molecule has 6 heterocycles. The molecule has 2 fully saturated rings. The fourth-order valence-corrected chi connectivity index (χ4v) is 8.45. The van der Waals surface area contributed by atoms with Crippen molar-refractivity contribution in [1.82, 2.24) is 39.5 Å². The molecule has 0 spiro atoms. The van der Waals surface area contributed by atoms with Crippen molar-refractivity contribution in [2.75, 3.05) is 24.7 Å². The van der Waals surface area contributed by atoms with E-state index in [0.29, 0.717) is 18.2 Å². The topological polar surface area (TPSA) is 254 Å². The zero-order valence-electron chi connectivity index (χ0n) is 22.2. The summed E-state index contributed by atoms with van der Waals surface area (Å²) in [7, 11) is 0. The number of nitrogen functional groups attached to an aromatic ring is 2. The third-order valence-electron chi connectivity index (χ3n) is 6.88. The number of nitrogens with two attached hydrogens (primary N) is 2. The molecule has 0 bridgehead atoms. The highest BCUT2D eigenvalue weighted by atomic mass is 32.7. The molecule has 0 amide bonds. The van der Waals surface area contributed by atoms with Crippen LogP contribution in [0.5, 0.6) is 0 Å². The first-order valence-corrected chi connectivity index (χ1v) is 19.0. The predicted octanol–water partition coefficient (Wildman–Crippen LogP) is 1.42. The summed E-state index contributed by atoms with van der Waals surface area (Å²) in [5.74, 6) is 0.0991. The van der Waals surface area contributed by atoms with Crippen LogP contribution in [0.4, 0.5) is 16.2 Å². The second-order valence-electron chi connectivity index (χ2n) is 9.80. The minimum absolute atomic E-state index is 0.0504. The number of halogens is 1. The predicted molar refractivity (Wildman–Crippen MR) is 163 cm³/mol. The molecular weight excluding hydrogens is 685 g/mol. The van der Waals surface area contributed by atoms with Gasteiger partial charge in [0.25, 0.3) is 5.56 Å². The summed E-state index contributed by atoms with van der Waals surface area (Å²) in [6.07, 6.45) is -2.26. The van der Waals surface area contributed by atoms with Crippen molar-refractivity contribution in [1.29, 1.82) is 0 Å². The minimum atomic E-state index is -4.28. The molecule has 0 radical (unpaired) electrons. The maximum Gasteiger partial charge on any atom is 0.383 e. The number of hydrogen-bond acceptors (Lipinski definition) is 15. The van der Waals surface area contributed by atoms with Gasteiger partial charge in [-0.3, -0.25) is 18.8 Å². The number of anilines is 2. The van der Waals surface area contributed by atoms with Crippen molar-refractivity contribution in [3.63, 3.8) is 0 Å². The standard InChI is InChI=1S/C20H25FN10O8P2S3/c21-12-14(10(6-36-40(33,34)42)38-19(12)30-4-3-9-15(22)24-7-25-16(9)30)39-41(35,43)37-5-8-1-2-11(44-8)31-17-13(28-29-31)18(32)27-20(23)26-17/h3-4,7-8,10-12,14,19H,1-2,5-6H2,(H,35,43)(H2,22,24,25)(H2,33,34,42)(H3,23,26,27,32)/t8-,10+,11+,12-,14?,19+,41?/m0/s1. The number of thiol groups is 1. The Balaban J connectivity index is 1.14. The zero-order chi connectivity index (χ0) is 31.4. The van der Waals surface area contributed by atoms with Gasteiger partial charge in [0.15, 0.2) is 23.6 Å². The Labute approximate surface area is 261 Å². The van der Waals surface area contributed by atoms with Crippen LogP contribution in [-0.2, 0) is 34.7 Å². The third-order valence-corrected chi connectivity index (χ3v) is 10.8. The average molecular weight is 711 g/mol. The van der Waals surface area contributed by atoms with Crippen LogP contribution in [-0.4, -0.2) is 86.1 Å². The molecule has 2 aliphatic rings. The largest absolute Gasteiger partial charge is 0.383 e. The first kappa shape index (κ1) is 31.7. The van der Waals surface area contributed by atoms with Gasteiger partial charge in [0, 0.05) is 11.4 Å². The summed E-state index contributed by atoms with van der Waals surface area (Å²) in [4.78, 5) is 47.1. The van der Waals surface area contributed by atoms with Crippen LogP contribution >= 0.6 is 37.5 Å². The van der Waals surface area contributed by atoms with Crippen LogP contribution in [0.25, 0.3) is 22.2 Å². The molecule has 238 valence electrons. The highest BCUT2D eigenvalue weighted by Crippen LogP contribution is 2.53. The number of hydrogen-bond donors (Lipinski definition) is 6. The lowest BCUT2D eigenvalue weighted by molar-refractivity contribution is -0.0405. The molecule has 0 aromatic carbocycles. The Hall–Kier alpha value is -2.23. The molecule has 6 rings (SSSR count). The maximum absolute atomic E-state index is 16.0. The lowest BCUT2D eigenvalue weighted by Gasteiger charge is -2.25. The molecule has 0 aliphatic carbocycles. The summed E-state index contributed by atoms with van der Waals surface area (Å²) >= 11 is 10.1. The van der Waals surface area contributed by atoms with Crippen molar-refractivity contribution >= 4 is 83.3 Å². The summed E-state index contributed by atoms with van der Waals surface area (Å²) in [6, 6.07) is 1.58. The van der Waals surface area contributed by atoms with Gasteiger partial charge in [0.05, 0.1) is 18.6 Å². The average Bonchev–Trinajstić information content (AvgIpc) is 3.73. The Morgan fingerprint density at radius 2 is 2.05 bits per heavy atom. The van der Waals surface area contributed by atoms with Crippen LogP contribution in [0.1, 0.15) is 24.4 Å². The van der Waals surface area contributed by atoms with Gasteiger partial charge in [0.1, 0.15) is 35.4 Å². The van der Waals surface area contributed by atoms with E-state index in [-0.39, 0.29) is 45.8 Å². The number of alkyl halides is 1. The monoisotopic (exact) mass is 710 g/mol. The van der Waals surface area contributed by atoms with Gasteiger partial charge in [-0.05, 0) is 30.7 Å². The lowest BCUT2D eigenvalue weighted by Crippen LogP contribution is -2.34. The van der Waals surface area contributed by atoms with Crippen molar-refractivity contribution in [2.24, 2.45) is 0 Å². The summed E-state index contributed by atoms with van der Waals surface area (Å²) in [6.45, 7) is -9.05. The van der Waals surface area contributed by atoms with Crippen LogP contribution in [0.3, 0.4) is 0 Å². The third kappa shape index (κ3) is 6.52. The van der Waals surface area contributed by atoms with Gasteiger partial charge in [-0.25, -0.2) is 23.6 Å².